The first-order chi connectivity index (χ1) is 4.93. The minimum Gasteiger partial charge on any atom is -0.264 e. The molecule has 1 nitrogen and oxygen atoms in total. The molecule has 1 aliphatic rings. The Morgan fingerprint density at radius 3 is 1.90 bits per heavy atom. The fourth-order valence-corrected chi connectivity index (χ4v) is 1.84. The Morgan fingerprint density at radius 1 is 0.900 bits per heavy atom. The van der Waals surface area contributed by atoms with E-state index in [1.54, 1.807) is 0 Å². The lowest BCUT2D eigenvalue weighted by atomic mass is 9.97. The lowest BCUT2D eigenvalue weighted by molar-refractivity contribution is 0.438. The summed E-state index contributed by atoms with van der Waals surface area (Å²) in [6, 6.07) is 0.684. The number of rotatable bonds is 1. The van der Waals surface area contributed by atoms with E-state index in [4.69, 9.17) is 0 Å². The average Bonchev–Trinajstić information content (AvgIpc) is 1.87. The topological polar surface area (TPSA) is 12.0 Å². The molecule has 10 heavy (non-hydrogen) atoms. The van der Waals surface area contributed by atoms with Crippen molar-refractivity contribution < 1.29 is 0 Å². The van der Waals surface area contributed by atoms with Crippen LogP contribution in [0, 0.1) is 0 Å². The summed E-state index contributed by atoms with van der Waals surface area (Å²) in [5.41, 5.74) is 0. The molecular formula is C8H17NS. The maximum absolute atomic E-state index is 4.10. The van der Waals surface area contributed by atoms with Crippen molar-refractivity contribution in [3.63, 3.8) is 0 Å². The largest absolute Gasteiger partial charge is 0.264 e. The van der Waals surface area contributed by atoms with Crippen molar-refractivity contribution in [2.24, 2.45) is 0 Å². The smallest absolute Gasteiger partial charge is 0.0169 e. The highest BCUT2D eigenvalue weighted by Crippen LogP contribution is 2.16. The number of hydrogen-bond acceptors (Lipinski definition) is 2. The van der Waals surface area contributed by atoms with E-state index in [-0.39, 0.29) is 0 Å². The molecule has 0 radical (unpaired) electrons. The quantitative estimate of drug-likeness (QED) is 0.560. The van der Waals surface area contributed by atoms with Crippen LogP contribution < -0.4 is 4.72 Å². The van der Waals surface area contributed by atoms with Gasteiger partial charge in [-0.1, -0.05) is 44.9 Å². The molecule has 0 aliphatic heterocycles. The summed E-state index contributed by atoms with van der Waals surface area (Å²) in [5, 5.41) is 0. The fourth-order valence-electron chi connectivity index (χ4n) is 1.59. The lowest BCUT2D eigenvalue weighted by Gasteiger charge is -2.17. The molecule has 0 unspecified atom stereocenters. The van der Waals surface area contributed by atoms with Gasteiger partial charge in [-0.05, 0) is 12.8 Å². The predicted octanol–water partition coefficient (Wildman–Crippen LogP) is 2.53. The Balaban J connectivity index is 2.16. The van der Waals surface area contributed by atoms with E-state index in [0.29, 0.717) is 6.04 Å². The maximum atomic E-state index is 4.10. The molecule has 0 aromatic rings. The van der Waals surface area contributed by atoms with Crippen LogP contribution >= 0.6 is 12.8 Å². The summed E-state index contributed by atoms with van der Waals surface area (Å²) in [6.45, 7) is 0. The molecule has 1 fully saturated rings. The van der Waals surface area contributed by atoms with Gasteiger partial charge in [-0.15, -0.1) is 0 Å². The molecule has 0 aromatic carbocycles. The molecule has 1 saturated carbocycles. The van der Waals surface area contributed by atoms with E-state index in [0.717, 1.165) is 0 Å². The zero-order valence-corrected chi connectivity index (χ0v) is 7.37. The average molecular weight is 159 g/mol. The van der Waals surface area contributed by atoms with Crippen LogP contribution in [0.2, 0.25) is 0 Å². The van der Waals surface area contributed by atoms with Crippen LogP contribution in [0.15, 0.2) is 0 Å². The predicted molar refractivity (Wildman–Crippen MR) is 48.2 cm³/mol. The van der Waals surface area contributed by atoms with Crippen LogP contribution in [0.1, 0.15) is 44.9 Å². The molecule has 0 spiro atoms. The molecule has 0 atom stereocenters. The van der Waals surface area contributed by atoms with Crippen molar-refractivity contribution in [2.75, 3.05) is 0 Å². The van der Waals surface area contributed by atoms with E-state index in [1.807, 2.05) is 0 Å². The van der Waals surface area contributed by atoms with Crippen LogP contribution in [0.4, 0.5) is 0 Å². The second-order valence-corrected chi connectivity index (χ2v) is 3.43. The second-order valence-electron chi connectivity index (χ2n) is 3.17. The van der Waals surface area contributed by atoms with Crippen LogP contribution in [-0.4, -0.2) is 6.04 Å². The van der Waals surface area contributed by atoms with Gasteiger partial charge in [0.05, 0.1) is 0 Å². The van der Waals surface area contributed by atoms with Gasteiger partial charge in [0.1, 0.15) is 0 Å². The molecule has 0 bridgehead atoms. The van der Waals surface area contributed by atoms with Crippen molar-refractivity contribution in [3.8, 4) is 0 Å². The van der Waals surface area contributed by atoms with Gasteiger partial charge in [-0.3, -0.25) is 4.72 Å². The summed E-state index contributed by atoms with van der Waals surface area (Å²) in [7, 11) is 0. The van der Waals surface area contributed by atoms with Crippen LogP contribution in [-0.2, 0) is 0 Å². The zero-order chi connectivity index (χ0) is 7.23. The summed E-state index contributed by atoms with van der Waals surface area (Å²) in [4.78, 5) is 0. The molecule has 0 heterocycles. The van der Waals surface area contributed by atoms with E-state index < -0.39 is 0 Å². The van der Waals surface area contributed by atoms with Crippen molar-refractivity contribution in [2.45, 2.75) is 51.0 Å². The number of hydrogen-bond donors (Lipinski definition) is 2. The highest BCUT2D eigenvalue weighted by atomic mass is 32.1. The molecule has 1 rings (SSSR count). The molecule has 0 saturated heterocycles. The van der Waals surface area contributed by atoms with Gasteiger partial charge in [0.2, 0.25) is 0 Å². The van der Waals surface area contributed by atoms with Crippen molar-refractivity contribution in [1.29, 1.82) is 0 Å². The summed E-state index contributed by atoms with van der Waals surface area (Å²) < 4.78 is 3.07. The van der Waals surface area contributed by atoms with E-state index in [2.05, 4.69) is 17.5 Å². The molecule has 2 heteroatoms. The Kier molecular flexibility index (Phi) is 4.23. The summed E-state index contributed by atoms with van der Waals surface area (Å²) in [6.07, 6.45) is 9.71. The maximum Gasteiger partial charge on any atom is 0.0169 e. The molecule has 1 aliphatic carbocycles. The molecule has 1 N–H and O–H groups in total. The number of thiol groups is 1. The van der Waals surface area contributed by atoms with Gasteiger partial charge in [0.15, 0.2) is 0 Å². The van der Waals surface area contributed by atoms with Gasteiger partial charge in [-0.25, -0.2) is 0 Å². The highest BCUT2D eigenvalue weighted by Gasteiger charge is 2.07. The third kappa shape index (κ3) is 2.93. The van der Waals surface area contributed by atoms with Gasteiger partial charge in [0.25, 0.3) is 0 Å². The van der Waals surface area contributed by atoms with E-state index >= 15 is 0 Å². The first-order valence-corrected chi connectivity index (χ1v) is 4.78. The highest BCUT2D eigenvalue weighted by molar-refractivity contribution is 7.78. The third-order valence-electron chi connectivity index (χ3n) is 2.29. The monoisotopic (exact) mass is 159 g/mol. The molecule has 0 amide bonds. The Hall–Kier alpha value is 0.310. The van der Waals surface area contributed by atoms with Gasteiger partial charge < -0.3 is 0 Å². The van der Waals surface area contributed by atoms with Crippen LogP contribution in [0.5, 0.6) is 0 Å². The second kappa shape index (κ2) is 5.03. The minimum absolute atomic E-state index is 0.684. The van der Waals surface area contributed by atoms with Gasteiger partial charge in [0, 0.05) is 6.04 Å². The summed E-state index contributed by atoms with van der Waals surface area (Å²) >= 11 is 4.10. The Bertz CT molecular complexity index is 77.3. The first-order valence-electron chi connectivity index (χ1n) is 4.33. The lowest BCUT2D eigenvalue weighted by Crippen LogP contribution is -2.21. The van der Waals surface area contributed by atoms with Gasteiger partial charge >= 0.3 is 0 Å². The minimum atomic E-state index is 0.684. The van der Waals surface area contributed by atoms with Crippen LogP contribution in [0.25, 0.3) is 0 Å². The van der Waals surface area contributed by atoms with Crippen LogP contribution in [0.3, 0.4) is 0 Å². The summed E-state index contributed by atoms with van der Waals surface area (Å²) in [5.74, 6) is 0. The zero-order valence-electron chi connectivity index (χ0n) is 6.47. The van der Waals surface area contributed by atoms with Crippen molar-refractivity contribution in [1.82, 2.24) is 4.72 Å². The van der Waals surface area contributed by atoms with E-state index in [9.17, 15) is 0 Å². The first kappa shape index (κ1) is 8.41. The Morgan fingerprint density at radius 2 is 1.40 bits per heavy atom. The normalized spacial score (nSPS) is 23.7. The third-order valence-corrected chi connectivity index (χ3v) is 2.65. The van der Waals surface area contributed by atoms with E-state index in [1.165, 1.54) is 44.9 Å². The molecule has 0 aromatic heterocycles. The standard InChI is InChI=1S/C8H17NS/c10-9-8-6-4-2-1-3-5-7-8/h8-10H,1-7H2. The van der Waals surface area contributed by atoms with Gasteiger partial charge in [-0.2, -0.15) is 0 Å². The van der Waals surface area contributed by atoms with Crippen molar-refractivity contribution >= 4 is 12.8 Å². The fraction of sp³-hybridized carbons (Fsp3) is 1.00. The Labute approximate surface area is 69.1 Å². The number of nitrogens with one attached hydrogen (secondary N) is 1. The molecular weight excluding hydrogens is 142 g/mol. The molecule has 60 valence electrons. The SMILES string of the molecule is SNC1CCCCCCC1. The van der Waals surface area contributed by atoms with Crippen molar-refractivity contribution in [3.05, 3.63) is 0 Å².